The maximum Gasteiger partial charge on any atom is 0.338 e. The van der Waals surface area contributed by atoms with Crippen LogP contribution in [0.2, 0.25) is 0 Å². The Hall–Kier alpha value is -3.93. The summed E-state index contributed by atoms with van der Waals surface area (Å²) in [6.07, 6.45) is 2.17. The predicted octanol–water partition coefficient (Wildman–Crippen LogP) is 4.36. The van der Waals surface area contributed by atoms with Crippen LogP contribution in [-0.2, 0) is 11.2 Å². The molecule has 0 saturated heterocycles. The van der Waals surface area contributed by atoms with Crippen molar-refractivity contribution in [1.29, 1.82) is 0 Å². The van der Waals surface area contributed by atoms with Crippen molar-refractivity contribution in [2.75, 3.05) is 0 Å². The molecular weight excluding hydrogens is 392 g/mol. The molecule has 2 atom stereocenters. The van der Waals surface area contributed by atoms with Gasteiger partial charge in [-0.05, 0) is 42.3 Å². The van der Waals surface area contributed by atoms with Crippen molar-refractivity contribution in [1.82, 2.24) is 9.38 Å². The SMILES string of the molecule is Cc1nc2c(O[C@@H]3c4ccccc4C[C@H]3OC(=O)c3ccccc3)cccn2c1C=O. The molecule has 0 N–H and O–H groups in total. The number of ether oxygens (including phenoxy) is 2. The Bertz CT molecular complexity index is 1280. The molecule has 4 aromatic rings. The average molecular weight is 412 g/mol. The third-order valence-electron chi connectivity index (χ3n) is 5.59. The van der Waals surface area contributed by atoms with Crippen LogP contribution in [0.15, 0.2) is 72.9 Å². The Morgan fingerprint density at radius 2 is 1.84 bits per heavy atom. The number of aldehydes is 1. The largest absolute Gasteiger partial charge is 0.478 e. The molecule has 154 valence electrons. The average Bonchev–Trinajstić information content (AvgIpc) is 3.31. The smallest absolute Gasteiger partial charge is 0.338 e. The minimum atomic E-state index is -0.480. The van der Waals surface area contributed by atoms with Gasteiger partial charge in [0.2, 0.25) is 0 Å². The third kappa shape index (κ3) is 3.36. The van der Waals surface area contributed by atoms with E-state index in [2.05, 4.69) is 4.98 Å². The van der Waals surface area contributed by atoms with Crippen molar-refractivity contribution in [2.24, 2.45) is 0 Å². The summed E-state index contributed by atoms with van der Waals surface area (Å²) in [5.74, 6) is 0.145. The molecule has 0 radical (unpaired) electrons. The highest BCUT2D eigenvalue weighted by atomic mass is 16.6. The maximum atomic E-state index is 12.7. The number of aryl methyl sites for hydroxylation is 1. The Balaban J connectivity index is 1.50. The number of pyridine rings is 1. The molecule has 0 unspecified atom stereocenters. The maximum absolute atomic E-state index is 12.7. The van der Waals surface area contributed by atoms with Gasteiger partial charge in [-0.25, -0.2) is 9.78 Å². The lowest BCUT2D eigenvalue weighted by atomic mass is 10.1. The second kappa shape index (κ2) is 7.72. The van der Waals surface area contributed by atoms with Crippen molar-refractivity contribution in [3.63, 3.8) is 0 Å². The molecule has 6 nitrogen and oxygen atoms in total. The lowest BCUT2D eigenvalue weighted by molar-refractivity contribution is -0.00285. The van der Waals surface area contributed by atoms with E-state index in [1.807, 2.05) is 42.5 Å². The Morgan fingerprint density at radius 3 is 2.65 bits per heavy atom. The number of rotatable bonds is 5. The molecule has 2 heterocycles. The van der Waals surface area contributed by atoms with Crippen LogP contribution < -0.4 is 4.74 Å². The van der Waals surface area contributed by atoms with E-state index in [1.165, 1.54) is 0 Å². The van der Waals surface area contributed by atoms with Gasteiger partial charge in [-0.2, -0.15) is 0 Å². The van der Waals surface area contributed by atoms with Gasteiger partial charge >= 0.3 is 5.97 Å². The van der Waals surface area contributed by atoms with E-state index >= 15 is 0 Å². The Morgan fingerprint density at radius 1 is 1.06 bits per heavy atom. The zero-order valence-corrected chi connectivity index (χ0v) is 16.9. The topological polar surface area (TPSA) is 69.9 Å². The first-order valence-corrected chi connectivity index (χ1v) is 10.1. The minimum absolute atomic E-state index is 0.384. The van der Waals surface area contributed by atoms with Crippen molar-refractivity contribution in [2.45, 2.75) is 25.6 Å². The van der Waals surface area contributed by atoms with Crippen molar-refractivity contribution in [3.8, 4) is 5.75 Å². The molecule has 0 fully saturated rings. The van der Waals surface area contributed by atoms with Crippen LogP contribution in [0, 0.1) is 6.92 Å². The van der Waals surface area contributed by atoms with Gasteiger partial charge in [-0.15, -0.1) is 0 Å². The summed E-state index contributed by atoms with van der Waals surface area (Å²) in [5.41, 5.74) is 4.23. The molecule has 0 bridgehead atoms. The molecular formula is C25H20N2O4. The zero-order valence-electron chi connectivity index (χ0n) is 16.9. The molecule has 2 aromatic carbocycles. The van der Waals surface area contributed by atoms with E-state index in [0.29, 0.717) is 34.8 Å². The first kappa shape index (κ1) is 19.1. The molecule has 1 aliphatic carbocycles. The number of carbonyl (C=O) groups excluding carboxylic acids is 2. The number of fused-ring (bicyclic) bond motifs is 2. The number of esters is 1. The first-order chi connectivity index (χ1) is 15.2. The fourth-order valence-corrected chi connectivity index (χ4v) is 4.09. The van der Waals surface area contributed by atoms with Gasteiger partial charge in [0, 0.05) is 12.6 Å². The molecule has 2 aromatic heterocycles. The fraction of sp³-hybridized carbons (Fsp3) is 0.160. The van der Waals surface area contributed by atoms with Gasteiger partial charge < -0.3 is 9.47 Å². The van der Waals surface area contributed by atoms with Gasteiger partial charge in [0.15, 0.2) is 23.8 Å². The van der Waals surface area contributed by atoms with Crippen molar-refractivity contribution < 1.29 is 19.1 Å². The molecule has 6 heteroatoms. The van der Waals surface area contributed by atoms with Crippen LogP contribution in [-0.4, -0.2) is 27.7 Å². The monoisotopic (exact) mass is 412 g/mol. The quantitative estimate of drug-likeness (QED) is 0.360. The molecule has 31 heavy (non-hydrogen) atoms. The van der Waals surface area contributed by atoms with Crippen LogP contribution in [0.5, 0.6) is 5.75 Å². The molecule has 1 aliphatic rings. The van der Waals surface area contributed by atoms with E-state index in [1.54, 1.807) is 41.8 Å². The predicted molar refractivity (Wildman–Crippen MR) is 114 cm³/mol. The second-order valence-corrected chi connectivity index (χ2v) is 7.52. The number of hydrogen-bond donors (Lipinski definition) is 0. The van der Waals surface area contributed by atoms with Crippen LogP contribution in [0.3, 0.4) is 0 Å². The molecule has 5 rings (SSSR count). The summed E-state index contributed by atoms with van der Waals surface area (Å²) in [6.45, 7) is 1.79. The number of benzene rings is 2. The number of aromatic nitrogens is 2. The summed E-state index contributed by atoms with van der Waals surface area (Å²) < 4.78 is 14.0. The fourth-order valence-electron chi connectivity index (χ4n) is 4.09. The number of nitrogens with zero attached hydrogens (tertiary/aromatic N) is 2. The highest BCUT2D eigenvalue weighted by Crippen LogP contribution is 2.38. The van der Waals surface area contributed by atoms with Crippen LogP contribution in [0.25, 0.3) is 5.65 Å². The lowest BCUT2D eigenvalue weighted by Crippen LogP contribution is -2.26. The highest BCUT2D eigenvalue weighted by molar-refractivity contribution is 5.89. The van der Waals surface area contributed by atoms with Crippen LogP contribution >= 0.6 is 0 Å². The molecule has 0 aliphatic heterocycles. The molecule has 0 saturated carbocycles. The Labute approximate surface area is 179 Å². The standard InChI is InChI=1S/C25H20N2O4/c1-16-20(15-28)27-13-7-12-21(24(27)26-16)30-23-19-11-6-5-10-18(19)14-22(23)31-25(29)17-8-3-2-4-9-17/h2-13,15,22-23H,14H2,1H3/t22-,23-/m1/s1. The third-order valence-corrected chi connectivity index (χ3v) is 5.59. The van der Waals surface area contributed by atoms with Gasteiger partial charge in [-0.1, -0.05) is 42.5 Å². The van der Waals surface area contributed by atoms with Crippen LogP contribution in [0.1, 0.15) is 43.8 Å². The number of hydrogen-bond acceptors (Lipinski definition) is 5. The summed E-state index contributed by atoms with van der Waals surface area (Å²) in [5, 5.41) is 0. The first-order valence-electron chi connectivity index (χ1n) is 10.1. The number of carbonyl (C=O) groups is 2. The number of imidazole rings is 1. The van der Waals surface area contributed by atoms with Crippen LogP contribution in [0.4, 0.5) is 0 Å². The van der Waals surface area contributed by atoms with E-state index in [4.69, 9.17) is 9.47 Å². The van der Waals surface area contributed by atoms with E-state index in [0.717, 1.165) is 17.4 Å². The van der Waals surface area contributed by atoms with E-state index in [-0.39, 0.29) is 5.97 Å². The van der Waals surface area contributed by atoms with Gasteiger partial charge in [0.1, 0.15) is 11.8 Å². The summed E-state index contributed by atoms with van der Waals surface area (Å²) >= 11 is 0. The van der Waals surface area contributed by atoms with Gasteiger partial charge in [-0.3, -0.25) is 9.20 Å². The molecule has 0 amide bonds. The van der Waals surface area contributed by atoms with Gasteiger partial charge in [0.05, 0.1) is 11.3 Å². The summed E-state index contributed by atoms with van der Waals surface area (Å²) in [6, 6.07) is 20.5. The Kier molecular flexibility index (Phi) is 4.75. The summed E-state index contributed by atoms with van der Waals surface area (Å²) in [4.78, 5) is 28.7. The van der Waals surface area contributed by atoms with Gasteiger partial charge in [0.25, 0.3) is 0 Å². The summed E-state index contributed by atoms with van der Waals surface area (Å²) in [7, 11) is 0. The lowest BCUT2D eigenvalue weighted by Gasteiger charge is -2.22. The van der Waals surface area contributed by atoms with E-state index in [9.17, 15) is 9.59 Å². The minimum Gasteiger partial charge on any atom is -0.478 e. The normalized spacial score (nSPS) is 17.3. The zero-order chi connectivity index (χ0) is 21.4. The molecule has 0 spiro atoms. The van der Waals surface area contributed by atoms with Crippen molar-refractivity contribution >= 4 is 17.9 Å². The highest BCUT2D eigenvalue weighted by Gasteiger charge is 2.37. The van der Waals surface area contributed by atoms with Crippen molar-refractivity contribution in [3.05, 3.63) is 101 Å². The second-order valence-electron chi connectivity index (χ2n) is 7.52. The van der Waals surface area contributed by atoms with E-state index < -0.39 is 12.2 Å².